The van der Waals surface area contributed by atoms with Crippen LogP contribution in [0.4, 0.5) is 0 Å². The van der Waals surface area contributed by atoms with Crippen LogP contribution in [-0.2, 0) is 6.54 Å². The molecule has 0 radical (unpaired) electrons. The maximum absolute atomic E-state index is 10.1. The summed E-state index contributed by atoms with van der Waals surface area (Å²) < 4.78 is 5.14. The average molecular weight is 249 g/mol. The van der Waals surface area contributed by atoms with Gasteiger partial charge in [-0.15, -0.1) is 0 Å². The summed E-state index contributed by atoms with van der Waals surface area (Å²) in [4.78, 5) is 2.35. The maximum atomic E-state index is 10.1. The van der Waals surface area contributed by atoms with Crippen molar-refractivity contribution in [1.29, 1.82) is 0 Å². The molecule has 1 aliphatic carbocycles. The number of hydrogen-bond acceptors (Lipinski definition) is 3. The molecule has 0 unspecified atom stereocenters. The van der Waals surface area contributed by atoms with Gasteiger partial charge in [0.1, 0.15) is 0 Å². The third-order valence-electron chi connectivity index (χ3n) is 3.92. The Hall–Kier alpha value is -1.22. The van der Waals surface area contributed by atoms with Gasteiger partial charge in [0.15, 0.2) is 11.5 Å². The Morgan fingerprint density at radius 3 is 2.67 bits per heavy atom. The highest BCUT2D eigenvalue weighted by molar-refractivity contribution is 5.45. The first-order valence-corrected chi connectivity index (χ1v) is 6.77. The first-order valence-electron chi connectivity index (χ1n) is 6.77. The monoisotopic (exact) mass is 249 g/mol. The van der Waals surface area contributed by atoms with E-state index >= 15 is 0 Å². The topological polar surface area (TPSA) is 32.7 Å². The zero-order valence-electron chi connectivity index (χ0n) is 11.4. The normalized spacial score (nSPS) is 17.1. The highest BCUT2D eigenvalue weighted by atomic mass is 16.5. The molecule has 0 atom stereocenters. The van der Waals surface area contributed by atoms with Gasteiger partial charge in [0.2, 0.25) is 0 Å². The van der Waals surface area contributed by atoms with Crippen LogP contribution in [0.2, 0.25) is 0 Å². The first-order chi connectivity index (χ1) is 8.72. The van der Waals surface area contributed by atoms with E-state index in [1.165, 1.54) is 32.1 Å². The fourth-order valence-electron chi connectivity index (χ4n) is 2.78. The standard InChI is InChI=1S/C15H23NO2/c1-16(13-8-4-3-5-9-13)11-12-7-6-10-14(18-2)15(12)17/h6-7,10,13,17H,3-5,8-9,11H2,1-2H3. The van der Waals surface area contributed by atoms with E-state index in [4.69, 9.17) is 4.74 Å². The molecule has 1 aliphatic rings. The van der Waals surface area contributed by atoms with Crippen molar-refractivity contribution >= 4 is 0 Å². The van der Waals surface area contributed by atoms with Gasteiger partial charge in [-0.2, -0.15) is 0 Å². The molecule has 1 aromatic carbocycles. The fourth-order valence-corrected chi connectivity index (χ4v) is 2.78. The summed E-state index contributed by atoms with van der Waals surface area (Å²) in [6.07, 6.45) is 6.59. The molecule has 2 rings (SSSR count). The van der Waals surface area contributed by atoms with Crippen LogP contribution in [0.3, 0.4) is 0 Å². The van der Waals surface area contributed by atoms with Crippen molar-refractivity contribution in [2.75, 3.05) is 14.2 Å². The number of phenolic OH excluding ortho intramolecular Hbond substituents is 1. The largest absolute Gasteiger partial charge is 0.504 e. The van der Waals surface area contributed by atoms with Gasteiger partial charge in [0, 0.05) is 18.2 Å². The summed E-state index contributed by atoms with van der Waals surface area (Å²) >= 11 is 0. The Bertz CT molecular complexity index is 386. The molecule has 18 heavy (non-hydrogen) atoms. The lowest BCUT2D eigenvalue weighted by Crippen LogP contribution is -2.32. The molecule has 100 valence electrons. The molecule has 0 heterocycles. The number of phenols is 1. The van der Waals surface area contributed by atoms with E-state index < -0.39 is 0 Å². The molecular weight excluding hydrogens is 226 g/mol. The number of rotatable bonds is 4. The summed E-state index contributed by atoms with van der Waals surface area (Å²) in [6.45, 7) is 0.785. The Morgan fingerprint density at radius 2 is 2.00 bits per heavy atom. The summed E-state index contributed by atoms with van der Waals surface area (Å²) in [5, 5.41) is 10.1. The third-order valence-corrected chi connectivity index (χ3v) is 3.92. The van der Waals surface area contributed by atoms with Crippen molar-refractivity contribution in [1.82, 2.24) is 4.90 Å². The van der Waals surface area contributed by atoms with Crippen molar-refractivity contribution < 1.29 is 9.84 Å². The van der Waals surface area contributed by atoms with Gasteiger partial charge in [-0.3, -0.25) is 4.90 Å². The smallest absolute Gasteiger partial charge is 0.162 e. The van der Waals surface area contributed by atoms with Crippen LogP contribution in [-0.4, -0.2) is 30.2 Å². The molecule has 0 bridgehead atoms. The Morgan fingerprint density at radius 1 is 1.28 bits per heavy atom. The quantitative estimate of drug-likeness (QED) is 0.889. The molecule has 1 N–H and O–H groups in total. The molecule has 3 nitrogen and oxygen atoms in total. The Labute approximate surface area is 109 Å². The SMILES string of the molecule is COc1cccc(CN(C)C2CCCCC2)c1O. The number of benzene rings is 1. The third kappa shape index (κ3) is 2.96. The highest BCUT2D eigenvalue weighted by Crippen LogP contribution is 2.31. The van der Waals surface area contributed by atoms with Crippen molar-refractivity contribution in [2.24, 2.45) is 0 Å². The van der Waals surface area contributed by atoms with Crippen molar-refractivity contribution in [3.63, 3.8) is 0 Å². The van der Waals surface area contributed by atoms with E-state index in [0.29, 0.717) is 11.8 Å². The number of nitrogens with zero attached hydrogens (tertiary/aromatic N) is 1. The lowest BCUT2D eigenvalue weighted by Gasteiger charge is -2.31. The van der Waals surface area contributed by atoms with Crippen LogP contribution in [0.5, 0.6) is 11.5 Å². The van der Waals surface area contributed by atoms with Crippen LogP contribution < -0.4 is 4.74 Å². The van der Waals surface area contributed by atoms with Gasteiger partial charge in [-0.05, 0) is 26.0 Å². The molecular formula is C15H23NO2. The lowest BCUT2D eigenvalue weighted by molar-refractivity contribution is 0.182. The molecule has 3 heteroatoms. The first kappa shape index (κ1) is 13.2. The van der Waals surface area contributed by atoms with Gasteiger partial charge < -0.3 is 9.84 Å². The molecule has 0 aromatic heterocycles. The molecule has 0 saturated heterocycles. The lowest BCUT2D eigenvalue weighted by atomic mass is 9.94. The summed E-state index contributed by atoms with van der Waals surface area (Å²) in [5.41, 5.74) is 0.947. The van der Waals surface area contributed by atoms with Crippen LogP contribution in [0.25, 0.3) is 0 Å². The number of hydrogen-bond donors (Lipinski definition) is 1. The second kappa shape index (κ2) is 6.10. The molecule has 0 aliphatic heterocycles. The van der Waals surface area contributed by atoms with E-state index in [2.05, 4.69) is 11.9 Å². The molecule has 1 fully saturated rings. The minimum atomic E-state index is 0.280. The second-order valence-electron chi connectivity index (χ2n) is 5.17. The van der Waals surface area contributed by atoms with Gasteiger partial charge >= 0.3 is 0 Å². The predicted octanol–water partition coefficient (Wildman–Crippen LogP) is 3.17. The zero-order chi connectivity index (χ0) is 13.0. The highest BCUT2D eigenvalue weighted by Gasteiger charge is 2.19. The van der Waals surface area contributed by atoms with Gasteiger partial charge in [-0.25, -0.2) is 0 Å². The number of para-hydroxylation sites is 1. The zero-order valence-corrected chi connectivity index (χ0v) is 11.4. The van der Waals surface area contributed by atoms with Crippen LogP contribution in [0.15, 0.2) is 18.2 Å². The minimum Gasteiger partial charge on any atom is -0.504 e. The van der Waals surface area contributed by atoms with Crippen molar-refractivity contribution in [2.45, 2.75) is 44.7 Å². The van der Waals surface area contributed by atoms with Gasteiger partial charge in [0.25, 0.3) is 0 Å². The second-order valence-corrected chi connectivity index (χ2v) is 5.17. The molecule has 1 saturated carbocycles. The summed E-state index contributed by atoms with van der Waals surface area (Å²) in [7, 11) is 3.73. The van der Waals surface area contributed by atoms with E-state index in [9.17, 15) is 5.11 Å². The minimum absolute atomic E-state index is 0.280. The van der Waals surface area contributed by atoms with Crippen molar-refractivity contribution in [3.8, 4) is 11.5 Å². The van der Waals surface area contributed by atoms with E-state index in [-0.39, 0.29) is 5.75 Å². The van der Waals surface area contributed by atoms with Gasteiger partial charge in [0.05, 0.1) is 7.11 Å². The Balaban J connectivity index is 2.04. The summed E-state index contributed by atoms with van der Waals surface area (Å²) in [5.74, 6) is 0.840. The van der Waals surface area contributed by atoms with Crippen LogP contribution in [0.1, 0.15) is 37.7 Å². The van der Waals surface area contributed by atoms with E-state index in [1.807, 2.05) is 12.1 Å². The number of ether oxygens (including phenoxy) is 1. The number of aromatic hydroxyl groups is 1. The predicted molar refractivity (Wildman–Crippen MR) is 73.0 cm³/mol. The summed E-state index contributed by atoms with van der Waals surface area (Å²) in [6, 6.07) is 6.35. The molecule has 1 aromatic rings. The Kier molecular flexibility index (Phi) is 4.48. The van der Waals surface area contributed by atoms with Crippen LogP contribution >= 0.6 is 0 Å². The van der Waals surface area contributed by atoms with E-state index in [0.717, 1.165) is 12.1 Å². The van der Waals surface area contributed by atoms with E-state index in [1.54, 1.807) is 13.2 Å². The number of methoxy groups -OCH3 is 1. The average Bonchev–Trinajstić information content (AvgIpc) is 2.42. The molecule has 0 amide bonds. The van der Waals surface area contributed by atoms with Crippen LogP contribution in [0, 0.1) is 0 Å². The van der Waals surface area contributed by atoms with Gasteiger partial charge in [-0.1, -0.05) is 31.4 Å². The maximum Gasteiger partial charge on any atom is 0.162 e. The molecule has 0 spiro atoms. The van der Waals surface area contributed by atoms with Crippen molar-refractivity contribution in [3.05, 3.63) is 23.8 Å². The fraction of sp³-hybridized carbons (Fsp3) is 0.600.